The molecule has 0 N–H and O–H groups in total. The van der Waals surface area contributed by atoms with E-state index in [1.165, 1.54) is 0 Å². The fourth-order valence-electron chi connectivity index (χ4n) is 0.950. The Morgan fingerprint density at radius 1 is 1.08 bits per heavy atom. The average Bonchev–Trinajstić information content (AvgIpc) is 1.86. The number of hydrogen-bond donors (Lipinski definition) is 0. The van der Waals surface area contributed by atoms with E-state index in [1.807, 2.05) is 26.0 Å². The molecule has 0 aromatic heterocycles. The summed E-state index contributed by atoms with van der Waals surface area (Å²) in [7, 11) is 7.88. The van der Waals surface area contributed by atoms with E-state index in [0.717, 1.165) is 5.96 Å². The topological polar surface area (TPSA) is 18.8 Å². The van der Waals surface area contributed by atoms with Gasteiger partial charge in [0, 0.05) is 33.7 Å². The van der Waals surface area contributed by atoms with E-state index in [2.05, 4.69) is 37.7 Å². The maximum Gasteiger partial charge on any atom is 0.195 e. The second-order valence-corrected chi connectivity index (χ2v) is 4.15. The highest BCUT2D eigenvalue weighted by Crippen LogP contribution is 2.11. The monoisotopic (exact) mass is 171 g/mol. The molecule has 3 heteroatoms. The summed E-state index contributed by atoms with van der Waals surface area (Å²) in [5.41, 5.74) is 0.124. The molecule has 0 fully saturated rings. The standard InChI is InChI=1S/C9H21N3/c1-9(2,3)12(7)8(10-4)11(5)6/h1-7H3/b10-8+. The van der Waals surface area contributed by atoms with Gasteiger partial charge in [-0.1, -0.05) is 0 Å². The first-order chi connectivity index (χ1) is 5.30. The smallest absolute Gasteiger partial charge is 0.195 e. The highest BCUT2D eigenvalue weighted by atomic mass is 15.4. The Balaban J connectivity index is 4.56. The van der Waals surface area contributed by atoms with Crippen molar-refractivity contribution in [3.8, 4) is 0 Å². The largest absolute Gasteiger partial charge is 0.349 e. The van der Waals surface area contributed by atoms with E-state index in [0.29, 0.717) is 0 Å². The Morgan fingerprint density at radius 2 is 1.50 bits per heavy atom. The van der Waals surface area contributed by atoms with E-state index in [9.17, 15) is 0 Å². The molecule has 3 nitrogen and oxygen atoms in total. The highest BCUT2D eigenvalue weighted by Gasteiger charge is 2.21. The Morgan fingerprint density at radius 3 is 1.58 bits per heavy atom. The van der Waals surface area contributed by atoms with Gasteiger partial charge in [-0.3, -0.25) is 4.99 Å². The van der Waals surface area contributed by atoms with Crippen molar-refractivity contribution < 1.29 is 0 Å². The van der Waals surface area contributed by atoms with Gasteiger partial charge >= 0.3 is 0 Å². The Labute approximate surface area is 76.1 Å². The summed E-state index contributed by atoms with van der Waals surface area (Å²) >= 11 is 0. The van der Waals surface area contributed by atoms with Crippen LogP contribution in [0.15, 0.2) is 4.99 Å². The minimum absolute atomic E-state index is 0.124. The maximum absolute atomic E-state index is 4.22. The molecule has 0 saturated carbocycles. The van der Waals surface area contributed by atoms with Gasteiger partial charge in [-0.15, -0.1) is 0 Å². The Bertz CT molecular complexity index is 165. The van der Waals surface area contributed by atoms with Crippen molar-refractivity contribution in [2.45, 2.75) is 26.3 Å². The molecule has 0 aromatic rings. The third-order valence-electron chi connectivity index (χ3n) is 1.91. The van der Waals surface area contributed by atoms with Crippen LogP contribution in [0.1, 0.15) is 20.8 Å². The molecule has 0 aromatic carbocycles. The molecule has 0 aliphatic carbocycles. The number of nitrogens with zero attached hydrogens (tertiary/aromatic N) is 3. The first-order valence-corrected chi connectivity index (χ1v) is 4.18. The van der Waals surface area contributed by atoms with Crippen molar-refractivity contribution in [3.05, 3.63) is 0 Å². The van der Waals surface area contributed by atoms with Gasteiger partial charge in [-0.05, 0) is 20.8 Å². The molecule has 0 rings (SSSR count). The van der Waals surface area contributed by atoms with Gasteiger partial charge in [0.15, 0.2) is 5.96 Å². The third kappa shape index (κ3) is 2.72. The Kier molecular flexibility index (Phi) is 3.55. The van der Waals surface area contributed by atoms with E-state index in [1.54, 1.807) is 0 Å². The van der Waals surface area contributed by atoms with Crippen molar-refractivity contribution in [2.75, 3.05) is 28.2 Å². The first kappa shape index (κ1) is 11.3. The van der Waals surface area contributed by atoms with Gasteiger partial charge in [0.05, 0.1) is 0 Å². The van der Waals surface area contributed by atoms with E-state index >= 15 is 0 Å². The normalized spacial score (nSPS) is 13.1. The van der Waals surface area contributed by atoms with Gasteiger partial charge in [-0.2, -0.15) is 0 Å². The van der Waals surface area contributed by atoms with E-state index < -0.39 is 0 Å². The van der Waals surface area contributed by atoms with E-state index in [-0.39, 0.29) is 5.54 Å². The van der Waals surface area contributed by atoms with Crippen molar-refractivity contribution >= 4 is 5.96 Å². The van der Waals surface area contributed by atoms with Crippen molar-refractivity contribution in [1.29, 1.82) is 0 Å². The molecule has 0 heterocycles. The fraction of sp³-hybridized carbons (Fsp3) is 0.889. The molecule has 0 bridgehead atoms. The molecular weight excluding hydrogens is 150 g/mol. The second-order valence-electron chi connectivity index (χ2n) is 4.15. The molecule has 0 unspecified atom stereocenters. The minimum Gasteiger partial charge on any atom is -0.349 e. The summed E-state index contributed by atoms with van der Waals surface area (Å²) in [6.45, 7) is 6.51. The molecule has 0 aliphatic heterocycles. The predicted octanol–water partition coefficient (Wildman–Crippen LogP) is 1.26. The SMILES string of the molecule is C/N=C(\N(C)C)N(C)C(C)(C)C. The fourth-order valence-corrected chi connectivity index (χ4v) is 0.950. The highest BCUT2D eigenvalue weighted by molar-refractivity contribution is 5.79. The van der Waals surface area contributed by atoms with Crippen LogP contribution in [0.25, 0.3) is 0 Å². The maximum atomic E-state index is 4.22. The van der Waals surface area contributed by atoms with Gasteiger partial charge in [0.1, 0.15) is 0 Å². The van der Waals surface area contributed by atoms with Crippen LogP contribution in [0.5, 0.6) is 0 Å². The lowest BCUT2D eigenvalue weighted by molar-refractivity contribution is 0.254. The molecule has 0 saturated heterocycles. The zero-order chi connectivity index (χ0) is 9.94. The van der Waals surface area contributed by atoms with Crippen LogP contribution in [0.4, 0.5) is 0 Å². The summed E-state index contributed by atoms with van der Waals surface area (Å²) in [5.74, 6) is 1.00. The summed E-state index contributed by atoms with van der Waals surface area (Å²) < 4.78 is 0. The molecule has 0 amide bonds. The van der Waals surface area contributed by atoms with Crippen molar-refractivity contribution in [1.82, 2.24) is 9.80 Å². The summed E-state index contributed by atoms with van der Waals surface area (Å²) in [6, 6.07) is 0. The average molecular weight is 171 g/mol. The molecule has 0 aliphatic rings. The predicted molar refractivity (Wildman–Crippen MR) is 54.6 cm³/mol. The van der Waals surface area contributed by atoms with Gasteiger partial charge in [0.2, 0.25) is 0 Å². The lowest BCUT2D eigenvalue weighted by Gasteiger charge is -2.37. The van der Waals surface area contributed by atoms with Crippen LogP contribution in [0.2, 0.25) is 0 Å². The van der Waals surface area contributed by atoms with Crippen molar-refractivity contribution in [2.24, 2.45) is 4.99 Å². The van der Waals surface area contributed by atoms with Crippen LogP contribution in [-0.4, -0.2) is 49.5 Å². The number of aliphatic imine (C=N–C) groups is 1. The molecule has 0 spiro atoms. The third-order valence-corrected chi connectivity index (χ3v) is 1.91. The lowest BCUT2D eigenvalue weighted by Crippen LogP contribution is -2.48. The minimum atomic E-state index is 0.124. The zero-order valence-electron chi connectivity index (χ0n) is 9.34. The van der Waals surface area contributed by atoms with Gasteiger partial charge in [0.25, 0.3) is 0 Å². The number of guanidine groups is 1. The van der Waals surface area contributed by atoms with Gasteiger partial charge < -0.3 is 9.80 Å². The van der Waals surface area contributed by atoms with E-state index in [4.69, 9.17) is 0 Å². The quantitative estimate of drug-likeness (QED) is 0.404. The first-order valence-electron chi connectivity index (χ1n) is 4.18. The molecule has 0 atom stereocenters. The molecular formula is C9H21N3. The van der Waals surface area contributed by atoms with Crippen LogP contribution < -0.4 is 0 Å². The second kappa shape index (κ2) is 3.78. The van der Waals surface area contributed by atoms with Gasteiger partial charge in [-0.25, -0.2) is 0 Å². The number of hydrogen-bond acceptors (Lipinski definition) is 1. The summed E-state index contributed by atoms with van der Waals surface area (Å²) in [5, 5.41) is 0. The number of rotatable bonds is 0. The molecule has 12 heavy (non-hydrogen) atoms. The molecule has 0 radical (unpaired) electrons. The van der Waals surface area contributed by atoms with Crippen LogP contribution in [0.3, 0.4) is 0 Å². The van der Waals surface area contributed by atoms with Crippen LogP contribution >= 0.6 is 0 Å². The van der Waals surface area contributed by atoms with Crippen LogP contribution in [-0.2, 0) is 0 Å². The summed E-state index contributed by atoms with van der Waals surface area (Å²) in [4.78, 5) is 8.40. The lowest BCUT2D eigenvalue weighted by atomic mass is 10.1. The summed E-state index contributed by atoms with van der Waals surface area (Å²) in [6.07, 6.45) is 0. The zero-order valence-corrected chi connectivity index (χ0v) is 9.34. The Hall–Kier alpha value is -0.730. The van der Waals surface area contributed by atoms with Crippen molar-refractivity contribution in [3.63, 3.8) is 0 Å². The van der Waals surface area contributed by atoms with Crippen LogP contribution in [0, 0.1) is 0 Å². The molecule has 72 valence electrons.